The van der Waals surface area contributed by atoms with E-state index in [4.69, 9.17) is 0 Å². The van der Waals surface area contributed by atoms with E-state index < -0.39 is 17.3 Å². The largest absolute Gasteiger partial charge is 0.343 e. The highest BCUT2D eigenvalue weighted by Gasteiger charge is 2.16. The van der Waals surface area contributed by atoms with Crippen molar-refractivity contribution in [1.82, 2.24) is 20.1 Å². The lowest BCUT2D eigenvalue weighted by atomic mass is 10.2. The lowest BCUT2D eigenvalue weighted by Gasteiger charge is -2.07. The molecule has 0 saturated carbocycles. The molecule has 1 aromatic carbocycles. The number of H-pyrrole nitrogens is 1. The average molecular weight is 300 g/mol. The smallest absolute Gasteiger partial charge is 0.313 e. The maximum Gasteiger partial charge on any atom is 0.343 e. The zero-order valence-corrected chi connectivity index (χ0v) is 11.9. The van der Waals surface area contributed by atoms with Gasteiger partial charge in [0, 0.05) is 13.6 Å². The van der Waals surface area contributed by atoms with Crippen LogP contribution in [-0.4, -0.2) is 21.3 Å². The van der Waals surface area contributed by atoms with Crippen molar-refractivity contribution in [3.05, 3.63) is 39.8 Å². The number of halogens is 2. The summed E-state index contributed by atoms with van der Waals surface area (Å²) >= 11 is 0.771. The van der Waals surface area contributed by atoms with Gasteiger partial charge in [0.15, 0.2) is 5.16 Å². The first-order valence-corrected chi connectivity index (χ1v) is 6.82. The van der Waals surface area contributed by atoms with Crippen molar-refractivity contribution in [2.45, 2.75) is 23.5 Å². The molecule has 2 rings (SSSR count). The summed E-state index contributed by atoms with van der Waals surface area (Å²) in [4.78, 5) is 11.0. The van der Waals surface area contributed by atoms with Gasteiger partial charge >= 0.3 is 5.69 Å². The van der Waals surface area contributed by atoms with Crippen LogP contribution < -0.4 is 11.0 Å². The summed E-state index contributed by atoms with van der Waals surface area (Å²) in [6.45, 7) is 3.03. The lowest BCUT2D eigenvalue weighted by molar-refractivity contribution is 0.534. The fourth-order valence-corrected chi connectivity index (χ4v) is 2.40. The van der Waals surface area contributed by atoms with Crippen LogP contribution in [0.2, 0.25) is 0 Å². The maximum absolute atomic E-state index is 13.9. The van der Waals surface area contributed by atoms with Gasteiger partial charge in [-0.1, -0.05) is 6.92 Å². The second kappa shape index (κ2) is 6.19. The molecule has 0 fully saturated rings. The number of rotatable bonds is 5. The highest BCUT2D eigenvalue weighted by molar-refractivity contribution is 7.99. The molecule has 5 nitrogen and oxygen atoms in total. The van der Waals surface area contributed by atoms with Crippen molar-refractivity contribution >= 4 is 11.8 Å². The number of nitrogens with zero attached hydrogens (tertiary/aromatic N) is 2. The summed E-state index contributed by atoms with van der Waals surface area (Å²) in [5.74, 6) is -1.34. The Labute approximate surface area is 118 Å². The molecule has 1 aromatic heterocycles. The molecule has 0 atom stereocenters. The molecule has 0 bridgehead atoms. The second-order valence-electron chi connectivity index (χ2n) is 4.14. The molecule has 0 amide bonds. The number of aromatic nitrogens is 3. The Morgan fingerprint density at radius 3 is 2.55 bits per heavy atom. The van der Waals surface area contributed by atoms with Gasteiger partial charge in [-0.25, -0.2) is 18.7 Å². The minimum absolute atomic E-state index is 0.174. The van der Waals surface area contributed by atoms with Gasteiger partial charge in [0.2, 0.25) is 0 Å². The van der Waals surface area contributed by atoms with Crippen LogP contribution in [0.3, 0.4) is 0 Å². The molecule has 0 aliphatic heterocycles. The summed E-state index contributed by atoms with van der Waals surface area (Å²) in [5.41, 5.74) is 0.0965. The number of aromatic amines is 1. The molecule has 8 heteroatoms. The number of hydrogen-bond acceptors (Lipinski definition) is 4. The highest BCUT2D eigenvalue weighted by Crippen LogP contribution is 2.30. The van der Waals surface area contributed by atoms with E-state index >= 15 is 0 Å². The van der Waals surface area contributed by atoms with Crippen molar-refractivity contribution in [3.8, 4) is 0 Å². The molecule has 0 aliphatic carbocycles. The predicted molar refractivity (Wildman–Crippen MR) is 71.7 cm³/mol. The van der Waals surface area contributed by atoms with Crippen LogP contribution in [0.25, 0.3) is 0 Å². The highest BCUT2D eigenvalue weighted by atomic mass is 32.2. The van der Waals surface area contributed by atoms with Crippen LogP contribution in [0, 0.1) is 11.6 Å². The first-order valence-electron chi connectivity index (χ1n) is 6.00. The third-order valence-electron chi connectivity index (χ3n) is 2.67. The van der Waals surface area contributed by atoms with E-state index in [0.29, 0.717) is 12.1 Å². The lowest BCUT2D eigenvalue weighted by Crippen LogP contribution is -2.13. The van der Waals surface area contributed by atoms with Gasteiger partial charge in [0.1, 0.15) is 11.6 Å². The zero-order valence-electron chi connectivity index (χ0n) is 11.0. The van der Waals surface area contributed by atoms with Crippen LogP contribution in [-0.2, 0) is 13.6 Å². The average Bonchev–Trinajstić information content (AvgIpc) is 2.72. The molecule has 0 unspecified atom stereocenters. The second-order valence-corrected chi connectivity index (χ2v) is 5.12. The van der Waals surface area contributed by atoms with E-state index in [0.717, 1.165) is 18.3 Å². The van der Waals surface area contributed by atoms with E-state index in [1.807, 2.05) is 6.92 Å². The van der Waals surface area contributed by atoms with Crippen LogP contribution in [0.1, 0.15) is 12.5 Å². The van der Waals surface area contributed by atoms with Crippen LogP contribution in [0.5, 0.6) is 0 Å². The first kappa shape index (κ1) is 14.7. The van der Waals surface area contributed by atoms with Gasteiger partial charge in [-0.3, -0.25) is 4.57 Å². The zero-order chi connectivity index (χ0) is 14.7. The summed E-state index contributed by atoms with van der Waals surface area (Å²) in [6.07, 6.45) is 0. The molecule has 0 aliphatic rings. The number of benzene rings is 1. The predicted octanol–water partition coefficient (Wildman–Crippen LogP) is 1.65. The van der Waals surface area contributed by atoms with Gasteiger partial charge in [-0.15, -0.1) is 5.10 Å². The standard InChI is InChI=1S/C12H14F2N4OS/c1-3-15-6-7-4-8(13)10(9(14)5-7)20-12-17-16-11(19)18(12)2/h4-5,15H,3,6H2,1-2H3,(H,16,19). The molecule has 108 valence electrons. The number of nitrogens with one attached hydrogen (secondary N) is 2. The van der Waals surface area contributed by atoms with Crippen molar-refractivity contribution < 1.29 is 8.78 Å². The summed E-state index contributed by atoms with van der Waals surface area (Å²) < 4.78 is 29.1. The Kier molecular flexibility index (Phi) is 4.56. The monoisotopic (exact) mass is 300 g/mol. The summed E-state index contributed by atoms with van der Waals surface area (Å²) in [6, 6.07) is 2.55. The fourth-order valence-electron chi connectivity index (χ4n) is 1.60. The van der Waals surface area contributed by atoms with Gasteiger partial charge in [0.25, 0.3) is 0 Å². The van der Waals surface area contributed by atoms with Gasteiger partial charge in [-0.2, -0.15) is 0 Å². The first-order chi connectivity index (χ1) is 9.52. The molecule has 20 heavy (non-hydrogen) atoms. The Bertz CT molecular complexity index is 645. The Morgan fingerprint density at radius 1 is 1.40 bits per heavy atom. The molecule has 2 aromatic rings. The minimum Gasteiger partial charge on any atom is -0.313 e. The van der Waals surface area contributed by atoms with E-state index in [2.05, 4.69) is 15.5 Å². The Morgan fingerprint density at radius 2 is 2.05 bits per heavy atom. The SMILES string of the molecule is CCNCc1cc(F)c(Sc2n[nH]c(=O)n2C)c(F)c1. The molecule has 0 saturated heterocycles. The molecular weight excluding hydrogens is 286 g/mol. The minimum atomic E-state index is -0.668. The van der Waals surface area contributed by atoms with E-state index in [1.165, 1.54) is 23.7 Å². The molecule has 1 heterocycles. The van der Waals surface area contributed by atoms with E-state index in [-0.39, 0.29) is 10.1 Å². The van der Waals surface area contributed by atoms with E-state index in [1.54, 1.807) is 0 Å². The summed E-state index contributed by atoms with van der Waals surface area (Å²) in [7, 11) is 1.48. The van der Waals surface area contributed by atoms with Crippen LogP contribution in [0.15, 0.2) is 27.0 Å². The third kappa shape index (κ3) is 3.07. The molecule has 2 N–H and O–H groups in total. The Hall–Kier alpha value is -1.67. The van der Waals surface area contributed by atoms with Crippen molar-refractivity contribution in [2.75, 3.05) is 6.54 Å². The van der Waals surface area contributed by atoms with Crippen LogP contribution in [0.4, 0.5) is 8.78 Å². The Balaban J connectivity index is 2.28. The summed E-state index contributed by atoms with van der Waals surface area (Å²) in [5, 5.41) is 9.12. The number of hydrogen-bond donors (Lipinski definition) is 2. The van der Waals surface area contributed by atoms with Crippen LogP contribution >= 0.6 is 11.8 Å². The molecule has 0 radical (unpaired) electrons. The molecule has 0 spiro atoms. The van der Waals surface area contributed by atoms with Gasteiger partial charge in [-0.05, 0) is 36.0 Å². The van der Waals surface area contributed by atoms with Gasteiger partial charge in [0.05, 0.1) is 4.90 Å². The topological polar surface area (TPSA) is 62.7 Å². The van der Waals surface area contributed by atoms with E-state index in [9.17, 15) is 13.6 Å². The normalized spacial score (nSPS) is 11.0. The fraction of sp³-hybridized carbons (Fsp3) is 0.333. The van der Waals surface area contributed by atoms with Crippen molar-refractivity contribution in [1.29, 1.82) is 0 Å². The quantitative estimate of drug-likeness (QED) is 0.881. The van der Waals surface area contributed by atoms with Gasteiger partial charge < -0.3 is 5.32 Å². The molecular formula is C12H14F2N4OS. The maximum atomic E-state index is 13.9. The third-order valence-corrected chi connectivity index (χ3v) is 3.81. The van der Waals surface area contributed by atoms with Crippen molar-refractivity contribution in [3.63, 3.8) is 0 Å². The van der Waals surface area contributed by atoms with Crippen molar-refractivity contribution in [2.24, 2.45) is 7.05 Å².